The Kier molecular flexibility index (Phi) is 3.40. The molecule has 0 amide bonds. The molecular weight excluding hydrogens is 258 g/mol. The van der Waals surface area contributed by atoms with E-state index in [-0.39, 0.29) is 11.7 Å². The molecule has 1 aromatic carbocycles. The molecule has 6 heteroatoms. The summed E-state index contributed by atoms with van der Waals surface area (Å²) in [5.74, 6) is 0. The maximum atomic E-state index is 11.1. The molecule has 0 aromatic heterocycles. The van der Waals surface area contributed by atoms with Crippen LogP contribution in [0.2, 0.25) is 0 Å². The molecule has 2 atom stereocenters. The van der Waals surface area contributed by atoms with Crippen molar-refractivity contribution in [2.45, 2.75) is 31.3 Å². The van der Waals surface area contributed by atoms with Gasteiger partial charge in [0.2, 0.25) is 0 Å². The number of benzene rings is 1. The third-order valence-corrected chi connectivity index (χ3v) is 4.30. The summed E-state index contributed by atoms with van der Waals surface area (Å²) in [7, 11) is 0. The number of nitro benzene ring substituents is 1. The topological polar surface area (TPSA) is 75.5 Å². The maximum absolute atomic E-state index is 11.1. The van der Waals surface area contributed by atoms with E-state index in [9.17, 15) is 14.9 Å². The Balaban J connectivity index is 1.83. The molecule has 106 valence electrons. The van der Waals surface area contributed by atoms with Crippen molar-refractivity contribution in [1.29, 1.82) is 0 Å². The first-order chi connectivity index (χ1) is 9.69. The minimum atomic E-state index is -0.434. The Hall–Kier alpha value is -1.95. The molecule has 6 nitrogen and oxygen atoms in total. The van der Waals surface area contributed by atoms with Gasteiger partial charge in [-0.1, -0.05) is 0 Å². The summed E-state index contributed by atoms with van der Waals surface area (Å²) >= 11 is 0. The molecule has 3 rings (SSSR count). The molecule has 1 aromatic rings. The molecular formula is C14H17N3O3. The number of hydrogen-bond acceptors (Lipinski definition) is 5. The van der Waals surface area contributed by atoms with Gasteiger partial charge in [-0.25, -0.2) is 0 Å². The van der Waals surface area contributed by atoms with E-state index in [1.165, 1.54) is 12.5 Å². The van der Waals surface area contributed by atoms with Gasteiger partial charge in [0.25, 0.3) is 5.69 Å². The van der Waals surface area contributed by atoms with Crippen LogP contribution in [0, 0.1) is 10.1 Å². The van der Waals surface area contributed by atoms with E-state index >= 15 is 0 Å². The molecule has 2 saturated heterocycles. The van der Waals surface area contributed by atoms with Gasteiger partial charge in [-0.3, -0.25) is 19.8 Å². The monoisotopic (exact) mass is 275 g/mol. The highest BCUT2D eigenvalue weighted by Crippen LogP contribution is 2.33. The van der Waals surface area contributed by atoms with Crippen molar-refractivity contribution < 1.29 is 9.72 Å². The van der Waals surface area contributed by atoms with Crippen molar-refractivity contribution >= 4 is 17.7 Å². The second kappa shape index (κ2) is 5.20. The third-order valence-electron chi connectivity index (χ3n) is 4.30. The molecule has 0 bridgehead atoms. The number of nitro groups is 1. The van der Waals surface area contributed by atoms with E-state index < -0.39 is 4.92 Å². The summed E-state index contributed by atoms with van der Waals surface area (Å²) in [5.41, 5.74) is 0.821. The zero-order valence-corrected chi connectivity index (χ0v) is 11.1. The molecule has 2 aliphatic rings. The van der Waals surface area contributed by atoms with E-state index in [1.807, 2.05) is 0 Å². The lowest BCUT2D eigenvalue weighted by Crippen LogP contribution is -2.33. The summed E-state index contributed by atoms with van der Waals surface area (Å²) in [5, 5.41) is 14.4. The summed E-state index contributed by atoms with van der Waals surface area (Å²) in [6.07, 6.45) is 4.00. The summed E-state index contributed by atoms with van der Waals surface area (Å²) in [4.78, 5) is 23.9. The smallest absolute Gasteiger partial charge is 0.293 e. The average molecular weight is 275 g/mol. The second-order valence-electron chi connectivity index (χ2n) is 5.44. The number of fused-ring (bicyclic) bond motifs is 1. The highest BCUT2D eigenvalue weighted by atomic mass is 16.6. The first kappa shape index (κ1) is 13.1. The van der Waals surface area contributed by atoms with E-state index in [0.717, 1.165) is 25.9 Å². The molecule has 0 saturated carbocycles. The Morgan fingerprint density at radius 2 is 2.20 bits per heavy atom. The fourth-order valence-electron chi connectivity index (χ4n) is 3.35. The standard InChI is InChI=1S/C14H17N3O3/c18-9-10-3-4-11(14(8-10)17(19)20)15-12-5-7-16-6-1-2-13(12)16/h3-4,8-9,12-13,15H,1-2,5-7H2. The van der Waals surface area contributed by atoms with Crippen molar-refractivity contribution in [2.24, 2.45) is 0 Å². The minimum absolute atomic E-state index is 0.0222. The summed E-state index contributed by atoms with van der Waals surface area (Å²) < 4.78 is 0. The number of aldehydes is 1. The molecule has 0 radical (unpaired) electrons. The van der Waals surface area contributed by atoms with Crippen LogP contribution in [0.4, 0.5) is 11.4 Å². The van der Waals surface area contributed by atoms with Gasteiger partial charge in [-0.2, -0.15) is 0 Å². The van der Waals surface area contributed by atoms with Crippen LogP contribution in [0.25, 0.3) is 0 Å². The zero-order chi connectivity index (χ0) is 14.1. The normalized spacial score (nSPS) is 25.4. The van der Waals surface area contributed by atoms with Crippen LogP contribution in [0.1, 0.15) is 29.6 Å². The number of rotatable bonds is 4. The van der Waals surface area contributed by atoms with Crippen LogP contribution in [0.3, 0.4) is 0 Å². The first-order valence-corrected chi connectivity index (χ1v) is 6.93. The van der Waals surface area contributed by atoms with Crippen LogP contribution >= 0.6 is 0 Å². The SMILES string of the molecule is O=Cc1ccc(NC2CCN3CCCC23)c([N+](=O)[O-])c1. The maximum Gasteiger partial charge on any atom is 0.293 e. The van der Waals surface area contributed by atoms with Crippen molar-refractivity contribution in [3.05, 3.63) is 33.9 Å². The van der Waals surface area contributed by atoms with E-state index in [1.54, 1.807) is 12.1 Å². The van der Waals surface area contributed by atoms with Crippen LogP contribution in [-0.4, -0.2) is 41.3 Å². The first-order valence-electron chi connectivity index (χ1n) is 6.93. The quantitative estimate of drug-likeness (QED) is 0.517. The minimum Gasteiger partial charge on any atom is -0.375 e. The fraction of sp³-hybridized carbons (Fsp3) is 0.500. The Bertz CT molecular complexity index is 546. The van der Waals surface area contributed by atoms with Crippen molar-refractivity contribution in [3.63, 3.8) is 0 Å². The van der Waals surface area contributed by atoms with E-state index in [2.05, 4.69) is 10.2 Å². The van der Waals surface area contributed by atoms with Gasteiger partial charge in [0.1, 0.15) is 12.0 Å². The van der Waals surface area contributed by atoms with Crippen LogP contribution in [0.15, 0.2) is 18.2 Å². The van der Waals surface area contributed by atoms with Gasteiger partial charge in [0.05, 0.1) is 4.92 Å². The number of hydrogen-bond donors (Lipinski definition) is 1. The zero-order valence-electron chi connectivity index (χ0n) is 11.1. The Labute approximate surface area is 116 Å². The van der Waals surface area contributed by atoms with Gasteiger partial charge in [0, 0.05) is 30.3 Å². The molecule has 1 N–H and O–H groups in total. The molecule has 20 heavy (non-hydrogen) atoms. The Morgan fingerprint density at radius 1 is 1.35 bits per heavy atom. The molecule has 2 fully saturated rings. The second-order valence-corrected chi connectivity index (χ2v) is 5.44. The largest absolute Gasteiger partial charge is 0.375 e. The average Bonchev–Trinajstić information content (AvgIpc) is 3.04. The highest BCUT2D eigenvalue weighted by molar-refractivity contribution is 5.79. The van der Waals surface area contributed by atoms with Crippen molar-refractivity contribution in [1.82, 2.24) is 4.90 Å². The lowest BCUT2D eigenvalue weighted by Gasteiger charge is -2.22. The Morgan fingerprint density at radius 3 is 2.95 bits per heavy atom. The van der Waals surface area contributed by atoms with Crippen molar-refractivity contribution in [3.8, 4) is 0 Å². The molecule has 2 aliphatic heterocycles. The number of carbonyl (C=O) groups excluding carboxylic acids is 1. The van der Waals surface area contributed by atoms with Crippen molar-refractivity contribution in [2.75, 3.05) is 18.4 Å². The predicted octanol–water partition coefficient (Wildman–Crippen LogP) is 2.06. The lowest BCUT2D eigenvalue weighted by atomic mass is 10.1. The number of nitrogens with zero attached hydrogens (tertiary/aromatic N) is 2. The van der Waals surface area contributed by atoms with E-state index in [0.29, 0.717) is 23.6 Å². The van der Waals surface area contributed by atoms with Gasteiger partial charge < -0.3 is 5.32 Å². The van der Waals surface area contributed by atoms with Crippen LogP contribution in [-0.2, 0) is 0 Å². The molecule has 2 heterocycles. The van der Waals surface area contributed by atoms with Gasteiger partial charge >= 0.3 is 0 Å². The van der Waals surface area contributed by atoms with Crippen LogP contribution < -0.4 is 5.32 Å². The fourth-order valence-corrected chi connectivity index (χ4v) is 3.35. The molecule has 0 aliphatic carbocycles. The van der Waals surface area contributed by atoms with Crippen LogP contribution in [0.5, 0.6) is 0 Å². The lowest BCUT2D eigenvalue weighted by molar-refractivity contribution is -0.384. The van der Waals surface area contributed by atoms with Gasteiger partial charge in [-0.15, -0.1) is 0 Å². The summed E-state index contributed by atoms with van der Waals surface area (Å²) in [6.45, 7) is 2.19. The highest BCUT2D eigenvalue weighted by Gasteiger charge is 2.37. The van der Waals surface area contributed by atoms with E-state index in [4.69, 9.17) is 0 Å². The summed E-state index contributed by atoms with van der Waals surface area (Å²) in [6, 6.07) is 5.33. The number of nitrogens with one attached hydrogen (secondary N) is 1. The molecule has 2 unspecified atom stereocenters. The number of carbonyl (C=O) groups is 1. The number of anilines is 1. The van der Waals surface area contributed by atoms with Gasteiger partial charge in [-0.05, 0) is 37.9 Å². The van der Waals surface area contributed by atoms with Gasteiger partial charge in [0.15, 0.2) is 0 Å². The third kappa shape index (κ3) is 2.27. The predicted molar refractivity (Wildman–Crippen MR) is 75.1 cm³/mol. The molecule has 0 spiro atoms.